The van der Waals surface area contributed by atoms with Crippen LogP contribution in [0.2, 0.25) is 0 Å². The summed E-state index contributed by atoms with van der Waals surface area (Å²) in [4.78, 5) is 53.5. The van der Waals surface area contributed by atoms with Crippen molar-refractivity contribution in [2.45, 2.75) is 51.9 Å². The summed E-state index contributed by atoms with van der Waals surface area (Å²) in [5.74, 6) is -0.884. The molecule has 1 N–H and O–H groups in total. The van der Waals surface area contributed by atoms with Crippen LogP contribution in [0.1, 0.15) is 60.9 Å². The third-order valence-corrected chi connectivity index (χ3v) is 6.73. The number of likely N-dealkylation sites (tertiary alicyclic amines) is 2. The molecule has 2 unspecified atom stereocenters. The topological polar surface area (TPSA) is 86.8 Å². The summed E-state index contributed by atoms with van der Waals surface area (Å²) in [6.07, 6.45) is 5.62. The normalized spacial score (nSPS) is 23.6. The van der Waals surface area contributed by atoms with Crippen LogP contribution in [0.3, 0.4) is 0 Å². The van der Waals surface area contributed by atoms with Crippen molar-refractivity contribution in [1.29, 1.82) is 0 Å². The van der Waals surface area contributed by atoms with E-state index in [1.165, 1.54) is 4.90 Å². The van der Waals surface area contributed by atoms with Gasteiger partial charge in [0.25, 0.3) is 5.91 Å². The molecule has 160 valence electrons. The molecule has 4 amide bonds. The number of imide groups is 1. The number of hydrogen-bond acceptors (Lipinski definition) is 4. The Morgan fingerprint density at radius 1 is 1.00 bits per heavy atom. The summed E-state index contributed by atoms with van der Waals surface area (Å²) >= 11 is 0. The van der Waals surface area contributed by atoms with E-state index in [1.54, 1.807) is 18.2 Å². The SMILES string of the molecule is Cc1c(NC(=O)CCN2C(=O)C3CCCCC3C2=O)cccc1C(=O)N1CCCC1. The minimum Gasteiger partial charge on any atom is -0.339 e. The number of benzene rings is 1. The molecule has 7 nitrogen and oxygen atoms in total. The first-order valence-electron chi connectivity index (χ1n) is 11.0. The van der Waals surface area contributed by atoms with Crippen LogP contribution < -0.4 is 5.32 Å². The lowest BCUT2D eigenvalue weighted by molar-refractivity contribution is -0.140. The average molecular weight is 412 g/mol. The second-order valence-electron chi connectivity index (χ2n) is 8.60. The lowest BCUT2D eigenvalue weighted by Gasteiger charge is -2.19. The van der Waals surface area contributed by atoms with E-state index in [-0.39, 0.29) is 48.4 Å². The summed E-state index contributed by atoms with van der Waals surface area (Å²) in [5.41, 5.74) is 1.93. The highest BCUT2D eigenvalue weighted by Gasteiger charge is 2.47. The van der Waals surface area contributed by atoms with Crippen molar-refractivity contribution in [3.8, 4) is 0 Å². The number of nitrogens with zero attached hydrogens (tertiary/aromatic N) is 2. The Bertz CT molecular complexity index is 851. The van der Waals surface area contributed by atoms with Gasteiger partial charge in [-0.2, -0.15) is 0 Å². The summed E-state index contributed by atoms with van der Waals surface area (Å²) in [5, 5.41) is 2.85. The van der Waals surface area contributed by atoms with Crippen LogP contribution in [0, 0.1) is 18.8 Å². The van der Waals surface area contributed by atoms with Gasteiger partial charge in [0.05, 0.1) is 11.8 Å². The predicted molar refractivity (Wildman–Crippen MR) is 112 cm³/mol. The fourth-order valence-electron chi connectivity index (χ4n) is 4.97. The molecule has 2 atom stereocenters. The highest BCUT2D eigenvalue weighted by atomic mass is 16.2. The first-order valence-corrected chi connectivity index (χ1v) is 11.0. The van der Waals surface area contributed by atoms with E-state index in [1.807, 2.05) is 11.8 Å². The zero-order valence-electron chi connectivity index (χ0n) is 17.5. The Morgan fingerprint density at radius 2 is 1.63 bits per heavy atom. The van der Waals surface area contributed by atoms with Crippen LogP contribution >= 0.6 is 0 Å². The van der Waals surface area contributed by atoms with Crippen LogP contribution in [0.15, 0.2) is 18.2 Å². The van der Waals surface area contributed by atoms with Crippen molar-refractivity contribution in [3.63, 3.8) is 0 Å². The first-order chi connectivity index (χ1) is 14.5. The molecule has 7 heteroatoms. The molecule has 0 radical (unpaired) electrons. The van der Waals surface area contributed by atoms with E-state index in [4.69, 9.17) is 0 Å². The van der Waals surface area contributed by atoms with Gasteiger partial charge in [0.2, 0.25) is 17.7 Å². The van der Waals surface area contributed by atoms with Gasteiger partial charge in [-0.25, -0.2) is 0 Å². The lowest BCUT2D eigenvalue weighted by Crippen LogP contribution is -2.34. The van der Waals surface area contributed by atoms with Crippen LogP contribution in [0.5, 0.6) is 0 Å². The summed E-state index contributed by atoms with van der Waals surface area (Å²) in [7, 11) is 0. The van der Waals surface area contributed by atoms with Crippen molar-refractivity contribution in [2.75, 3.05) is 25.0 Å². The smallest absolute Gasteiger partial charge is 0.254 e. The molecule has 2 aliphatic heterocycles. The molecule has 2 heterocycles. The van der Waals surface area contributed by atoms with E-state index in [0.29, 0.717) is 11.3 Å². The third kappa shape index (κ3) is 3.85. The molecule has 1 aromatic carbocycles. The Balaban J connectivity index is 1.37. The molecule has 0 aromatic heterocycles. The van der Waals surface area contributed by atoms with Gasteiger partial charge in [0.1, 0.15) is 0 Å². The van der Waals surface area contributed by atoms with E-state index < -0.39 is 0 Å². The third-order valence-electron chi connectivity index (χ3n) is 6.73. The van der Waals surface area contributed by atoms with Gasteiger partial charge in [-0.15, -0.1) is 0 Å². The number of hydrogen-bond donors (Lipinski definition) is 1. The number of carbonyl (C=O) groups excluding carboxylic acids is 4. The second kappa shape index (κ2) is 8.58. The zero-order chi connectivity index (χ0) is 21.3. The minimum absolute atomic E-state index is 0.00281. The standard InChI is InChI=1S/C23H29N3O4/c1-15-16(21(28)25-12-4-5-13-25)9-6-10-19(15)24-20(27)11-14-26-22(29)17-7-2-3-8-18(17)23(26)30/h6,9-10,17-18H,2-5,7-8,11-14H2,1H3,(H,24,27). The number of fused-ring (bicyclic) bond motifs is 1. The molecule has 0 spiro atoms. The van der Waals surface area contributed by atoms with Gasteiger partial charge in [0.15, 0.2) is 0 Å². The average Bonchev–Trinajstić information content (AvgIpc) is 3.36. The van der Waals surface area contributed by atoms with Crippen molar-refractivity contribution in [3.05, 3.63) is 29.3 Å². The van der Waals surface area contributed by atoms with Gasteiger partial charge in [-0.3, -0.25) is 24.1 Å². The largest absolute Gasteiger partial charge is 0.339 e. The van der Waals surface area contributed by atoms with Crippen molar-refractivity contribution < 1.29 is 19.2 Å². The molecule has 3 aliphatic rings. The highest BCUT2D eigenvalue weighted by Crippen LogP contribution is 2.38. The number of rotatable bonds is 5. The number of amides is 4. The fraction of sp³-hybridized carbons (Fsp3) is 0.565. The molecule has 3 fully saturated rings. The van der Waals surface area contributed by atoms with Gasteiger partial charge in [0, 0.05) is 37.3 Å². The molecular formula is C23H29N3O4. The van der Waals surface area contributed by atoms with Crippen LogP contribution in [-0.4, -0.2) is 53.1 Å². The number of anilines is 1. The maximum atomic E-state index is 12.7. The Hall–Kier alpha value is -2.70. The molecule has 1 aromatic rings. The van der Waals surface area contributed by atoms with Crippen LogP contribution in [0.4, 0.5) is 5.69 Å². The van der Waals surface area contributed by atoms with Crippen molar-refractivity contribution in [2.24, 2.45) is 11.8 Å². The second-order valence-corrected chi connectivity index (χ2v) is 8.60. The van der Waals surface area contributed by atoms with E-state index in [9.17, 15) is 19.2 Å². The van der Waals surface area contributed by atoms with E-state index >= 15 is 0 Å². The van der Waals surface area contributed by atoms with Crippen molar-refractivity contribution in [1.82, 2.24) is 9.80 Å². The van der Waals surface area contributed by atoms with E-state index in [2.05, 4.69) is 5.32 Å². The van der Waals surface area contributed by atoms with Crippen LogP contribution in [-0.2, 0) is 14.4 Å². The first kappa shape index (κ1) is 20.6. The molecule has 2 saturated heterocycles. The minimum atomic E-state index is -0.264. The monoisotopic (exact) mass is 411 g/mol. The van der Waals surface area contributed by atoms with Crippen molar-refractivity contribution >= 4 is 29.3 Å². The van der Waals surface area contributed by atoms with Gasteiger partial charge >= 0.3 is 0 Å². The van der Waals surface area contributed by atoms with Gasteiger partial charge < -0.3 is 10.2 Å². The zero-order valence-corrected chi connectivity index (χ0v) is 17.5. The molecule has 1 aliphatic carbocycles. The molecule has 1 saturated carbocycles. The summed E-state index contributed by atoms with van der Waals surface area (Å²) in [6.45, 7) is 3.49. The maximum absolute atomic E-state index is 12.7. The van der Waals surface area contributed by atoms with E-state index in [0.717, 1.165) is 57.2 Å². The molecular weight excluding hydrogens is 382 g/mol. The highest BCUT2D eigenvalue weighted by molar-refractivity contribution is 6.05. The Kier molecular flexibility index (Phi) is 5.88. The maximum Gasteiger partial charge on any atom is 0.254 e. The lowest BCUT2D eigenvalue weighted by atomic mass is 9.81. The summed E-state index contributed by atoms with van der Waals surface area (Å²) < 4.78 is 0. The predicted octanol–water partition coefficient (Wildman–Crippen LogP) is 2.73. The van der Waals surface area contributed by atoms with Crippen LogP contribution in [0.25, 0.3) is 0 Å². The molecule has 0 bridgehead atoms. The number of carbonyl (C=O) groups is 4. The van der Waals surface area contributed by atoms with Gasteiger partial charge in [-0.1, -0.05) is 18.9 Å². The summed E-state index contributed by atoms with van der Waals surface area (Å²) in [6, 6.07) is 5.33. The number of nitrogens with one attached hydrogen (secondary N) is 1. The molecule has 30 heavy (non-hydrogen) atoms. The Morgan fingerprint density at radius 3 is 2.27 bits per heavy atom. The fourth-order valence-corrected chi connectivity index (χ4v) is 4.97. The Labute approximate surface area is 176 Å². The quantitative estimate of drug-likeness (QED) is 0.755. The molecule has 4 rings (SSSR count). The van der Waals surface area contributed by atoms with Gasteiger partial charge in [-0.05, 0) is 50.3 Å².